The molecule has 0 aliphatic heterocycles. The van der Waals surface area contributed by atoms with E-state index in [-0.39, 0.29) is 6.04 Å². The van der Waals surface area contributed by atoms with Crippen molar-refractivity contribution in [2.24, 2.45) is 0 Å². The van der Waals surface area contributed by atoms with Gasteiger partial charge in [-0.25, -0.2) is 9.78 Å². The van der Waals surface area contributed by atoms with Gasteiger partial charge in [0.25, 0.3) is 0 Å². The molecule has 0 aliphatic rings. The molecule has 0 saturated carbocycles. The lowest BCUT2D eigenvalue weighted by Gasteiger charge is -2.22. The maximum Gasteiger partial charge on any atom is 0.408 e. The van der Waals surface area contributed by atoms with Crippen LogP contribution in [-0.2, 0) is 11.3 Å². The maximum atomic E-state index is 11.9. The fourth-order valence-corrected chi connectivity index (χ4v) is 3.22. The molecule has 1 aromatic carbocycles. The summed E-state index contributed by atoms with van der Waals surface area (Å²) in [4.78, 5) is 19.7. The summed E-state index contributed by atoms with van der Waals surface area (Å²) in [5, 5.41) is 2.87. The van der Waals surface area contributed by atoms with Crippen molar-refractivity contribution in [1.82, 2.24) is 15.2 Å². The first kappa shape index (κ1) is 19.4. The summed E-state index contributed by atoms with van der Waals surface area (Å²) in [7, 11) is 4.08. The molecule has 0 fully saturated rings. The zero-order valence-corrected chi connectivity index (χ0v) is 16.6. The number of benzene rings is 1. The van der Waals surface area contributed by atoms with Gasteiger partial charge >= 0.3 is 6.09 Å². The smallest absolute Gasteiger partial charge is 0.408 e. The third-order valence-electron chi connectivity index (χ3n) is 3.51. The zero-order valence-electron chi connectivity index (χ0n) is 15.8. The van der Waals surface area contributed by atoms with E-state index in [9.17, 15) is 4.79 Å². The van der Waals surface area contributed by atoms with Crippen molar-refractivity contribution < 1.29 is 9.53 Å². The quantitative estimate of drug-likeness (QED) is 0.854. The molecule has 5 nitrogen and oxygen atoms in total. The number of amides is 1. The van der Waals surface area contributed by atoms with Crippen LogP contribution in [0.25, 0.3) is 10.4 Å². The molecule has 2 aromatic rings. The van der Waals surface area contributed by atoms with Gasteiger partial charge in [-0.3, -0.25) is 0 Å². The molecule has 6 heteroatoms. The lowest BCUT2D eigenvalue weighted by Crippen LogP contribution is -2.34. The Labute approximate surface area is 154 Å². The minimum absolute atomic E-state index is 0.119. The maximum absolute atomic E-state index is 11.9. The second-order valence-corrected chi connectivity index (χ2v) is 8.21. The minimum atomic E-state index is -0.497. The molecule has 0 bridgehead atoms. The number of hydrogen-bond donors (Lipinski definition) is 1. The Balaban J connectivity index is 2.07. The van der Waals surface area contributed by atoms with E-state index >= 15 is 0 Å². The number of carbonyl (C=O) groups is 1. The Bertz CT molecular complexity index is 702. The minimum Gasteiger partial charge on any atom is -0.444 e. The van der Waals surface area contributed by atoms with Crippen LogP contribution in [0.1, 0.15) is 45.0 Å². The summed E-state index contributed by atoms with van der Waals surface area (Å²) in [5.41, 5.74) is 4.65. The molecular weight excluding hydrogens is 334 g/mol. The first-order valence-corrected chi connectivity index (χ1v) is 9.20. The van der Waals surface area contributed by atoms with Gasteiger partial charge < -0.3 is 15.0 Å². The number of alkyl carbamates (subject to hydrolysis) is 1. The van der Waals surface area contributed by atoms with Crippen molar-refractivity contribution in [2.75, 3.05) is 14.1 Å². The van der Waals surface area contributed by atoms with Crippen molar-refractivity contribution in [1.29, 1.82) is 0 Å². The molecule has 1 amide bonds. The SMILES string of the molecule is CC(NC(=O)OC(C)(C)C)c1ccc(-c2scnc2CN(C)C)cc1. The number of ether oxygens (including phenoxy) is 1. The Morgan fingerprint density at radius 1 is 1.28 bits per heavy atom. The second kappa shape index (κ2) is 7.97. The zero-order chi connectivity index (χ0) is 18.6. The van der Waals surface area contributed by atoms with Crippen LogP contribution in [0.3, 0.4) is 0 Å². The molecule has 1 atom stereocenters. The Kier molecular flexibility index (Phi) is 6.19. The van der Waals surface area contributed by atoms with E-state index in [1.54, 1.807) is 11.3 Å². The average Bonchev–Trinajstić information content (AvgIpc) is 2.92. The van der Waals surface area contributed by atoms with Gasteiger partial charge in [0.2, 0.25) is 0 Å². The molecular formula is C19H27N3O2S. The van der Waals surface area contributed by atoms with Gasteiger partial charge in [-0.15, -0.1) is 11.3 Å². The summed E-state index contributed by atoms with van der Waals surface area (Å²) in [5.74, 6) is 0. The molecule has 2 rings (SSSR count). The number of thiazole rings is 1. The van der Waals surface area contributed by atoms with Crippen molar-refractivity contribution in [2.45, 2.75) is 45.9 Å². The number of rotatable bonds is 5. The summed E-state index contributed by atoms with van der Waals surface area (Å²) < 4.78 is 5.30. The Hall–Kier alpha value is -1.92. The highest BCUT2D eigenvalue weighted by atomic mass is 32.1. The fraction of sp³-hybridized carbons (Fsp3) is 0.474. The van der Waals surface area contributed by atoms with Gasteiger partial charge in [0, 0.05) is 6.54 Å². The number of nitrogens with zero attached hydrogens (tertiary/aromatic N) is 2. The lowest BCUT2D eigenvalue weighted by atomic mass is 10.0. The third-order valence-corrected chi connectivity index (χ3v) is 4.43. The van der Waals surface area contributed by atoms with Gasteiger partial charge in [-0.1, -0.05) is 24.3 Å². The van der Waals surface area contributed by atoms with Gasteiger partial charge in [0.05, 0.1) is 22.1 Å². The van der Waals surface area contributed by atoms with Crippen LogP contribution in [0.5, 0.6) is 0 Å². The first-order valence-electron chi connectivity index (χ1n) is 8.32. The predicted octanol–water partition coefficient (Wildman–Crippen LogP) is 4.46. The molecule has 0 spiro atoms. The van der Waals surface area contributed by atoms with E-state index in [1.807, 2.05) is 59.4 Å². The van der Waals surface area contributed by atoms with E-state index in [2.05, 4.69) is 27.3 Å². The van der Waals surface area contributed by atoms with Crippen molar-refractivity contribution in [3.8, 4) is 10.4 Å². The number of nitrogens with one attached hydrogen (secondary N) is 1. The number of aromatic nitrogens is 1. The van der Waals surface area contributed by atoms with Gasteiger partial charge in [-0.2, -0.15) is 0 Å². The van der Waals surface area contributed by atoms with Crippen LogP contribution in [0.15, 0.2) is 29.8 Å². The van der Waals surface area contributed by atoms with E-state index in [4.69, 9.17) is 4.74 Å². The number of hydrogen-bond acceptors (Lipinski definition) is 5. The Morgan fingerprint density at radius 2 is 1.92 bits per heavy atom. The van der Waals surface area contributed by atoms with Crippen molar-refractivity contribution >= 4 is 17.4 Å². The average molecular weight is 362 g/mol. The second-order valence-electron chi connectivity index (χ2n) is 7.36. The van der Waals surface area contributed by atoms with Crippen LogP contribution < -0.4 is 5.32 Å². The van der Waals surface area contributed by atoms with Gasteiger partial charge in [0.1, 0.15) is 5.60 Å². The molecule has 136 valence electrons. The highest BCUT2D eigenvalue weighted by Crippen LogP contribution is 2.29. The molecule has 1 aromatic heterocycles. The lowest BCUT2D eigenvalue weighted by molar-refractivity contribution is 0.0508. The van der Waals surface area contributed by atoms with E-state index < -0.39 is 11.7 Å². The molecule has 1 heterocycles. The van der Waals surface area contributed by atoms with Crippen LogP contribution >= 0.6 is 11.3 Å². The highest BCUT2D eigenvalue weighted by molar-refractivity contribution is 7.13. The summed E-state index contributed by atoms with van der Waals surface area (Å²) in [6.07, 6.45) is -0.403. The fourth-order valence-electron chi connectivity index (χ4n) is 2.41. The predicted molar refractivity (Wildman–Crippen MR) is 103 cm³/mol. The summed E-state index contributed by atoms with van der Waals surface area (Å²) in [6.45, 7) is 8.32. The topological polar surface area (TPSA) is 54.5 Å². The van der Waals surface area contributed by atoms with E-state index in [1.165, 1.54) is 4.88 Å². The van der Waals surface area contributed by atoms with Crippen molar-refractivity contribution in [3.05, 3.63) is 41.0 Å². The van der Waals surface area contributed by atoms with Gasteiger partial charge in [0.15, 0.2) is 0 Å². The summed E-state index contributed by atoms with van der Waals surface area (Å²) in [6, 6.07) is 8.11. The Morgan fingerprint density at radius 3 is 2.48 bits per heavy atom. The molecule has 0 radical (unpaired) electrons. The van der Waals surface area contributed by atoms with Crippen LogP contribution in [0.2, 0.25) is 0 Å². The van der Waals surface area contributed by atoms with Crippen LogP contribution in [-0.4, -0.2) is 35.7 Å². The molecule has 25 heavy (non-hydrogen) atoms. The third kappa shape index (κ3) is 5.83. The molecule has 1 N–H and O–H groups in total. The molecule has 0 saturated heterocycles. The molecule has 0 aliphatic carbocycles. The van der Waals surface area contributed by atoms with E-state index in [0.29, 0.717) is 0 Å². The van der Waals surface area contributed by atoms with E-state index in [0.717, 1.165) is 23.4 Å². The summed E-state index contributed by atoms with van der Waals surface area (Å²) >= 11 is 1.65. The standard InChI is InChI=1S/C19H27N3O2S/c1-13(21-18(23)24-19(2,3)4)14-7-9-15(10-8-14)17-16(11-22(5)6)20-12-25-17/h7-10,12-13H,11H2,1-6H3,(H,21,23). The highest BCUT2D eigenvalue weighted by Gasteiger charge is 2.18. The molecule has 1 unspecified atom stereocenters. The normalized spacial score (nSPS) is 12.9. The monoisotopic (exact) mass is 361 g/mol. The van der Waals surface area contributed by atoms with Crippen LogP contribution in [0, 0.1) is 0 Å². The van der Waals surface area contributed by atoms with Crippen molar-refractivity contribution in [3.63, 3.8) is 0 Å². The van der Waals surface area contributed by atoms with Crippen LogP contribution in [0.4, 0.5) is 4.79 Å². The number of carbonyl (C=O) groups excluding carboxylic acids is 1. The first-order chi connectivity index (χ1) is 11.7. The largest absolute Gasteiger partial charge is 0.444 e. The van der Waals surface area contributed by atoms with Gasteiger partial charge in [-0.05, 0) is 52.9 Å².